The van der Waals surface area contributed by atoms with Crippen molar-refractivity contribution in [3.8, 4) is 11.3 Å². The molecule has 0 saturated heterocycles. The van der Waals surface area contributed by atoms with Gasteiger partial charge in [0.05, 0.1) is 5.69 Å². The Labute approximate surface area is 108 Å². The zero-order valence-electron chi connectivity index (χ0n) is 11.2. The fourth-order valence-electron chi connectivity index (χ4n) is 2.10. The average molecular weight is 242 g/mol. The van der Waals surface area contributed by atoms with E-state index >= 15 is 0 Å². The largest absolute Gasteiger partial charge is 0.373 e. The van der Waals surface area contributed by atoms with E-state index in [9.17, 15) is 0 Å². The smallest absolute Gasteiger partial charge is 0.133 e. The molecule has 0 unspecified atom stereocenters. The predicted octanol–water partition coefficient (Wildman–Crippen LogP) is 3.01. The number of aryl methyl sites for hydroxylation is 1. The van der Waals surface area contributed by atoms with Crippen LogP contribution in [-0.2, 0) is 0 Å². The van der Waals surface area contributed by atoms with Gasteiger partial charge in [0, 0.05) is 30.6 Å². The maximum absolute atomic E-state index is 4.46. The van der Waals surface area contributed by atoms with E-state index in [0.29, 0.717) is 5.92 Å². The van der Waals surface area contributed by atoms with Crippen LogP contribution in [0.25, 0.3) is 11.3 Å². The van der Waals surface area contributed by atoms with Crippen LogP contribution in [0.1, 0.15) is 30.9 Å². The molecule has 0 aromatic carbocycles. The number of pyridine rings is 1. The van der Waals surface area contributed by atoms with Gasteiger partial charge in [-0.1, -0.05) is 13.8 Å². The van der Waals surface area contributed by atoms with Gasteiger partial charge in [-0.3, -0.25) is 4.98 Å². The summed E-state index contributed by atoms with van der Waals surface area (Å²) in [5, 5.41) is 3.14. The van der Waals surface area contributed by atoms with E-state index in [4.69, 9.17) is 0 Å². The highest BCUT2D eigenvalue weighted by Gasteiger charge is 2.16. The quantitative estimate of drug-likeness (QED) is 0.898. The molecule has 4 nitrogen and oxygen atoms in total. The first-order chi connectivity index (χ1) is 8.65. The van der Waals surface area contributed by atoms with E-state index in [1.165, 1.54) is 0 Å². The summed E-state index contributed by atoms with van der Waals surface area (Å²) < 4.78 is 0. The van der Waals surface area contributed by atoms with Gasteiger partial charge in [-0.25, -0.2) is 9.97 Å². The zero-order valence-corrected chi connectivity index (χ0v) is 11.2. The molecular formula is C14H18N4. The number of nitrogens with one attached hydrogen (secondary N) is 1. The number of rotatable bonds is 3. The maximum Gasteiger partial charge on any atom is 0.133 e. The van der Waals surface area contributed by atoms with Gasteiger partial charge < -0.3 is 5.32 Å². The molecule has 0 spiro atoms. The van der Waals surface area contributed by atoms with E-state index in [-0.39, 0.29) is 0 Å². The molecule has 2 aromatic rings. The molecule has 0 aliphatic rings. The number of hydrogen-bond acceptors (Lipinski definition) is 4. The van der Waals surface area contributed by atoms with Crippen molar-refractivity contribution in [1.29, 1.82) is 0 Å². The molecular weight excluding hydrogens is 224 g/mol. The van der Waals surface area contributed by atoms with E-state index in [2.05, 4.69) is 34.1 Å². The molecule has 94 valence electrons. The van der Waals surface area contributed by atoms with Gasteiger partial charge in [0.15, 0.2) is 0 Å². The highest BCUT2D eigenvalue weighted by molar-refractivity contribution is 5.71. The molecule has 0 amide bonds. The van der Waals surface area contributed by atoms with Crippen molar-refractivity contribution >= 4 is 5.82 Å². The third kappa shape index (κ3) is 2.18. The minimum atomic E-state index is 0.358. The fraction of sp³-hybridized carbons (Fsp3) is 0.357. The molecule has 2 rings (SSSR count). The van der Waals surface area contributed by atoms with Gasteiger partial charge >= 0.3 is 0 Å². The third-order valence-electron chi connectivity index (χ3n) is 2.97. The minimum absolute atomic E-state index is 0.358. The topological polar surface area (TPSA) is 50.7 Å². The minimum Gasteiger partial charge on any atom is -0.373 e. The Morgan fingerprint density at radius 2 is 2.00 bits per heavy atom. The second-order valence-electron chi connectivity index (χ2n) is 4.58. The van der Waals surface area contributed by atoms with Crippen molar-refractivity contribution in [1.82, 2.24) is 15.0 Å². The first-order valence-electron chi connectivity index (χ1n) is 6.08. The lowest BCUT2D eigenvalue weighted by Crippen LogP contribution is -2.05. The highest BCUT2D eigenvalue weighted by atomic mass is 15.0. The predicted molar refractivity (Wildman–Crippen MR) is 73.6 cm³/mol. The molecule has 18 heavy (non-hydrogen) atoms. The molecule has 0 aliphatic heterocycles. The van der Waals surface area contributed by atoms with Crippen LogP contribution in [0, 0.1) is 6.92 Å². The SMILES string of the molecule is CNc1ncnc(-c2ccncc2C)c1C(C)C. The second-order valence-corrected chi connectivity index (χ2v) is 4.58. The molecule has 0 aliphatic carbocycles. The number of anilines is 1. The number of nitrogens with zero attached hydrogens (tertiary/aromatic N) is 3. The standard InChI is InChI=1S/C14H18N4/c1-9(2)12-13(17-8-18-14(12)15-4)11-5-6-16-7-10(11)3/h5-9H,1-4H3,(H,15,17,18). The molecule has 2 heterocycles. The molecule has 0 bridgehead atoms. The Morgan fingerprint density at radius 3 is 2.61 bits per heavy atom. The summed E-state index contributed by atoms with van der Waals surface area (Å²) in [6.07, 6.45) is 5.26. The Morgan fingerprint density at radius 1 is 1.22 bits per heavy atom. The van der Waals surface area contributed by atoms with Crippen molar-refractivity contribution in [2.24, 2.45) is 0 Å². The molecule has 0 fully saturated rings. The summed E-state index contributed by atoms with van der Waals surface area (Å²) in [7, 11) is 1.89. The van der Waals surface area contributed by atoms with E-state index in [1.807, 2.05) is 26.2 Å². The Balaban J connectivity index is 2.68. The molecule has 0 atom stereocenters. The van der Waals surface area contributed by atoms with Crippen molar-refractivity contribution in [3.05, 3.63) is 35.9 Å². The molecule has 1 N–H and O–H groups in total. The van der Waals surface area contributed by atoms with Gasteiger partial charge in [0.2, 0.25) is 0 Å². The fourth-order valence-corrected chi connectivity index (χ4v) is 2.10. The van der Waals surface area contributed by atoms with Crippen molar-refractivity contribution in [2.45, 2.75) is 26.7 Å². The lowest BCUT2D eigenvalue weighted by atomic mass is 9.96. The van der Waals surface area contributed by atoms with Gasteiger partial charge in [0.1, 0.15) is 12.1 Å². The molecule has 0 radical (unpaired) electrons. The summed E-state index contributed by atoms with van der Waals surface area (Å²) in [6, 6.07) is 2.00. The van der Waals surface area contributed by atoms with Crippen molar-refractivity contribution < 1.29 is 0 Å². The summed E-state index contributed by atoms with van der Waals surface area (Å²) >= 11 is 0. The first kappa shape index (κ1) is 12.5. The van der Waals surface area contributed by atoms with Crippen molar-refractivity contribution in [3.63, 3.8) is 0 Å². The van der Waals surface area contributed by atoms with Crippen LogP contribution in [0.5, 0.6) is 0 Å². The second kappa shape index (κ2) is 5.12. The Kier molecular flexibility index (Phi) is 3.55. The van der Waals surface area contributed by atoms with E-state index in [0.717, 1.165) is 28.2 Å². The Hall–Kier alpha value is -1.97. The lowest BCUT2D eigenvalue weighted by molar-refractivity contribution is 0.851. The highest BCUT2D eigenvalue weighted by Crippen LogP contribution is 2.32. The van der Waals surface area contributed by atoms with Crippen LogP contribution < -0.4 is 5.32 Å². The summed E-state index contributed by atoms with van der Waals surface area (Å²) in [4.78, 5) is 12.9. The third-order valence-corrected chi connectivity index (χ3v) is 2.97. The number of aromatic nitrogens is 3. The average Bonchev–Trinajstić information content (AvgIpc) is 2.38. The summed E-state index contributed by atoms with van der Waals surface area (Å²) in [5.41, 5.74) is 4.38. The summed E-state index contributed by atoms with van der Waals surface area (Å²) in [6.45, 7) is 6.35. The lowest BCUT2D eigenvalue weighted by Gasteiger charge is -2.16. The van der Waals surface area contributed by atoms with Crippen LogP contribution >= 0.6 is 0 Å². The Bertz CT molecular complexity index is 549. The molecule has 0 saturated carbocycles. The van der Waals surface area contributed by atoms with Gasteiger partial charge in [-0.15, -0.1) is 0 Å². The van der Waals surface area contributed by atoms with Crippen LogP contribution in [0.3, 0.4) is 0 Å². The maximum atomic E-state index is 4.46. The van der Waals surface area contributed by atoms with E-state index in [1.54, 1.807) is 12.5 Å². The van der Waals surface area contributed by atoms with Crippen LogP contribution in [-0.4, -0.2) is 22.0 Å². The molecule has 2 aromatic heterocycles. The monoisotopic (exact) mass is 242 g/mol. The van der Waals surface area contributed by atoms with Gasteiger partial charge in [0.25, 0.3) is 0 Å². The normalized spacial score (nSPS) is 10.7. The van der Waals surface area contributed by atoms with Gasteiger partial charge in [-0.05, 0) is 24.5 Å². The molecule has 4 heteroatoms. The van der Waals surface area contributed by atoms with Crippen LogP contribution in [0.15, 0.2) is 24.8 Å². The number of hydrogen-bond donors (Lipinski definition) is 1. The van der Waals surface area contributed by atoms with Crippen LogP contribution in [0.2, 0.25) is 0 Å². The van der Waals surface area contributed by atoms with Crippen LogP contribution in [0.4, 0.5) is 5.82 Å². The van der Waals surface area contributed by atoms with E-state index < -0.39 is 0 Å². The zero-order chi connectivity index (χ0) is 13.1. The summed E-state index contributed by atoms with van der Waals surface area (Å²) in [5.74, 6) is 1.25. The first-order valence-corrected chi connectivity index (χ1v) is 6.08. The van der Waals surface area contributed by atoms with Crippen molar-refractivity contribution in [2.75, 3.05) is 12.4 Å². The van der Waals surface area contributed by atoms with Gasteiger partial charge in [-0.2, -0.15) is 0 Å².